The fourth-order valence-electron chi connectivity index (χ4n) is 1.82. The van der Waals surface area contributed by atoms with Gasteiger partial charge in [-0.25, -0.2) is 0 Å². The first kappa shape index (κ1) is 14.4. The maximum Gasteiger partial charge on any atom is 0.305 e. The SMILES string of the molecule is Cc1cc(N(CCC(=O)O)Cc2ccc(Cl)cc2)no1. The van der Waals surface area contributed by atoms with E-state index in [1.54, 1.807) is 25.1 Å². The Balaban J connectivity index is 2.13. The molecule has 1 heterocycles. The van der Waals surface area contributed by atoms with Crippen LogP contribution in [0.5, 0.6) is 0 Å². The van der Waals surface area contributed by atoms with Crippen molar-refractivity contribution in [1.82, 2.24) is 5.16 Å². The first-order chi connectivity index (χ1) is 9.54. The van der Waals surface area contributed by atoms with E-state index in [1.807, 2.05) is 17.0 Å². The molecule has 0 saturated heterocycles. The normalized spacial score (nSPS) is 10.5. The van der Waals surface area contributed by atoms with Gasteiger partial charge in [0.1, 0.15) is 5.76 Å². The number of aromatic nitrogens is 1. The molecule has 6 heteroatoms. The van der Waals surface area contributed by atoms with Crippen molar-refractivity contribution in [3.63, 3.8) is 0 Å². The molecule has 0 aliphatic rings. The van der Waals surface area contributed by atoms with Gasteiger partial charge in [0.25, 0.3) is 0 Å². The first-order valence-electron chi connectivity index (χ1n) is 6.19. The molecule has 0 saturated carbocycles. The van der Waals surface area contributed by atoms with Gasteiger partial charge in [0, 0.05) is 24.2 Å². The van der Waals surface area contributed by atoms with Crippen LogP contribution < -0.4 is 4.90 Å². The van der Waals surface area contributed by atoms with Gasteiger partial charge in [-0.05, 0) is 24.6 Å². The highest BCUT2D eigenvalue weighted by Crippen LogP contribution is 2.18. The second kappa shape index (κ2) is 6.43. The number of hydrogen-bond donors (Lipinski definition) is 1. The van der Waals surface area contributed by atoms with E-state index in [1.165, 1.54) is 0 Å². The van der Waals surface area contributed by atoms with Gasteiger partial charge in [0.15, 0.2) is 5.82 Å². The van der Waals surface area contributed by atoms with E-state index >= 15 is 0 Å². The van der Waals surface area contributed by atoms with Gasteiger partial charge in [0.05, 0.1) is 6.42 Å². The first-order valence-corrected chi connectivity index (χ1v) is 6.57. The minimum Gasteiger partial charge on any atom is -0.481 e. The van der Waals surface area contributed by atoms with Crippen molar-refractivity contribution in [1.29, 1.82) is 0 Å². The smallest absolute Gasteiger partial charge is 0.305 e. The molecule has 0 atom stereocenters. The summed E-state index contributed by atoms with van der Waals surface area (Å²) in [4.78, 5) is 12.6. The van der Waals surface area contributed by atoms with E-state index in [4.69, 9.17) is 21.2 Å². The number of halogens is 1. The molecule has 1 aromatic heterocycles. The number of anilines is 1. The second-order valence-electron chi connectivity index (χ2n) is 4.49. The Morgan fingerprint density at radius 2 is 2.10 bits per heavy atom. The summed E-state index contributed by atoms with van der Waals surface area (Å²) in [7, 11) is 0. The third-order valence-electron chi connectivity index (χ3n) is 2.82. The number of benzene rings is 1. The molecular formula is C14H15ClN2O3. The van der Waals surface area contributed by atoms with E-state index < -0.39 is 5.97 Å². The topological polar surface area (TPSA) is 66.6 Å². The Bertz CT molecular complexity index is 580. The van der Waals surface area contributed by atoms with Crippen LogP contribution in [0.3, 0.4) is 0 Å². The molecule has 0 unspecified atom stereocenters. The van der Waals surface area contributed by atoms with Crippen LogP contribution in [0, 0.1) is 6.92 Å². The van der Waals surface area contributed by atoms with E-state index in [9.17, 15) is 4.79 Å². The zero-order chi connectivity index (χ0) is 14.5. The second-order valence-corrected chi connectivity index (χ2v) is 4.92. The van der Waals surface area contributed by atoms with E-state index in [-0.39, 0.29) is 6.42 Å². The molecular weight excluding hydrogens is 280 g/mol. The van der Waals surface area contributed by atoms with Crippen LogP contribution in [0.2, 0.25) is 5.02 Å². The number of carboxylic acids is 1. The van der Waals surface area contributed by atoms with Crippen molar-refractivity contribution in [3.8, 4) is 0 Å². The van der Waals surface area contributed by atoms with Crippen LogP contribution in [-0.2, 0) is 11.3 Å². The maximum absolute atomic E-state index is 10.7. The van der Waals surface area contributed by atoms with Crippen LogP contribution in [0.15, 0.2) is 34.9 Å². The lowest BCUT2D eigenvalue weighted by atomic mass is 10.2. The summed E-state index contributed by atoms with van der Waals surface area (Å²) in [6, 6.07) is 9.21. The predicted molar refractivity (Wildman–Crippen MR) is 76.0 cm³/mol. The summed E-state index contributed by atoms with van der Waals surface area (Å²) in [5.41, 5.74) is 1.03. The Kier molecular flexibility index (Phi) is 4.63. The monoisotopic (exact) mass is 294 g/mol. The lowest BCUT2D eigenvalue weighted by molar-refractivity contribution is -0.136. The highest BCUT2D eigenvalue weighted by Gasteiger charge is 2.13. The van der Waals surface area contributed by atoms with Crippen molar-refractivity contribution in [3.05, 3.63) is 46.7 Å². The number of aliphatic carboxylic acids is 1. The third kappa shape index (κ3) is 3.99. The minimum atomic E-state index is -0.841. The van der Waals surface area contributed by atoms with Gasteiger partial charge >= 0.3 is 5.97 Å². The lowest BCUT2D eigenvalue weighted by Crippen LogP contribution is -2.25. The highest BCUT2D eigenvalue weighted by atomic mass is 35.5. The van der Waals surface area contributed by atoms with E-state index in [0.29, 0.717) is 29.7 Å². The Morgan fingerprint density at radius 1 is 1.40 bits per heavy atom. The van der Waals surface area contributed by atoms with Gasteiger partial charge in [-0.3, -0.25) is 4.79 Å². The summed E-state index contributed by atoms with van der Waals surface area (Å²) < 4.78 is 5.05. The zero-order valence-electron chi connectivity index (χ0n) is 11.0. The molecule has 0 amide bonds. The Hall–Kier alpha value is -2.01. The van der Waals surface area contributed by atoms with Crippen molar-refractivity contribution < 1.29 is 14.4 Å². The van der Waals surface area contributed by atoms with Crippen molar-refractivity contribution in [2.24, 2.45) is 0 Å². The summed E-state index contributed by atoms with van der Waals surface area (Å²) in [6.07, 6.45) is 0.0412. The minimum absolute atomic E-state index is 0.0412. The molecule has 20 heavy (non-hydrogen) atoms. The molecule has 0 radical (unpaired) electrons. The fourth-order valence-corrected chi connectivity index (χ4v) is 1.94. The van der Waals surface area contributed by atoms with Crippen LogP contribution in [0.4, 0.5) is 5.82 Å². The molecule has 1 aromatic carbocycles. The number of aryl methyl sites for hydroxylation is 1. The van der Waals surface area contributed by atoms with Crippen LogP contribution >= 0.6 is 11.6 Å². The number of carboxylic acid groups (broad SMARTS) is 1. The number of nitrogens with zero attached hydrogens (tertiary/aromatic N) is 2. The highest BCUT2D eigenvalue weighted by molar-refractivity contribution is 6.30. The van der Waals surface area contributed by atoms with Gasteiger partial charge in [-0.1, -0.05) is 28.9 Å². The van der Waals surface area contributed by atoms with Crippen molar-refractivity contribution in [2.45, 2.75) is 19.9 Å². The van der Waals surface area contributed by atoms with Gasteiger partial charge in [0.2, 0.25) is 0 Å². The Labute approximate surface area is 121 Å². The van der Waals surface area contributed by atoms with Gasteiger partial charge < -0.3 is 14.5 Å². The average molecular weight is 295 g/mol. The summed E-state index contributed by atoms with van der Waals surface area (Å²) in [5, 5.41) is 13.4. The number of rotatable bonds is 6. The molecule has 0 fully saturated rings. The average Bonchev–Trinajstić information content (AvgIpc) is 2.83. The molecule has 0 aliphatic carbocycles. The Morgan fingerprint density at radius 3 is 2.65 bits per heavy atom. The predicted octanol–water partition coefficient (Wildman–Crippen LogP) is 3.12. The molecule has 0 aliphatic heterocycles. The molecule has 0 spiro atoms. The molecule has 106 valence electrons. The molecule has 2 aromatic rings. The summed E-state index contributed by atoms with van der Waals surface area (Å²) in [6.45, 7) is 2.72. The van der Waals surface area contributed by atoms with Crippen LogP contribution in [0.25, 0.3) is 0 Å². The standard InChI is InChI=1S/C14H15ClN2O3/c1-10-8-13(16-20-10)17(7-6-14(18)19)9-11-2-4-12(15)5-3-11/h2-5,8H,6-7,9H2,1H3,(H,18,19). The largest absolute Gasteiger partial charge is 0.481 e. The summed E-state index contributed by atoms with van der Waals surface area (Å²) in [5.74, 6) is 0.487. The fraction of sp³-hybridized carbons (Fsp3) is 0.286. The summed E-state index contributed by atoms with van der Waals surface area (Å²) >= 11 is 5.85. The molecule has 5 nitrogen and oxygen atoms in total. The molecule has 1 N–H and O–H groups in total. The lowest BCUT2D eigenvalue weighted by Gasteiger charge is -2.20. The zero-order valence-corrected chi connectivity index (χ0v) is 11.8. The van der Waals surface area contributed by atoms with E-state index in [0.717, 1.165) is 5.56 Å². The van der Waals surface area contributed by atoms with Gasteiger partial charge in [-0.15, -0.1) is 0 Å². The number of hydrogen-bond acceptors (Lipinski definition) is 4. The molecule has 2 rings (SSSR count). The van der Waals surface area contributed by atoms with Crippen molar-refractivity contribution in [2.75, 3.05) is 11.4 Å². The van der Waals surface area contributed by atoms with E-state index in [2.05, 4.69) is 5.16 Å². The van der Waals surface area contributed by atoms with Crippen molar-refractivity contribution >= 4 is 23.4 Å². The maximum atomic E-state index is 10.7. The quantitative estimate of drug-likeness (QED) is 0.886. The van der Waals surface area contributed by atoms with Crippen LogP contribution in [0.1, 0.15) is 17.7 Å². The van der Waals surface area contributed by atoms with Crippen LogP contribution in [-0.4, -0.2) is 22.8 Å². The number of carbonyl (C=O) groups is 1. The van der Waals surface area contributed by atoms with Gasteiger partial charge in [-0.2, -0.15) is 0 Å². The molecule has 0 bridgehead atoms. The third-order valence-corrected chi connectivity index (χ3v) is 3.07.